The molecule has 0 radical (unpaired) electrons. The first kappa shape index (κ1) is 16.3. The predicted molar refractivity (Wildman–Crippen MR) is 89.8 cm³/mol. The van der Waals surface area contributed by atoms with E-state index in [9.17, 15) is 4.79 Å². The lowest BCUT2D eigenvalue weighted by molar-refractivity contribution is -0.128. The number of aliphatic imine (C=N–C) groups is 1. The number of hydrogen-bond acceptors (Lipinski definition) is 2. The van der Waals surface area contributed by atoms with Gasteiger partial charge in [0.05, 0.1) is 5.41 Å². The molecule has 1 aromatic carbocycles. The number of nitrogens with zero attached hydrogens (tertiary/aromatic N) is 2. The molecular weight excluding hydrogens is 276 g/mol. The van der Waals surface area contributed by atoms with E-state index in [0.717, 1.165) is 25.5 Å². The molecule has 5 heteroatoms. The number of fused-ring (bicyclic) bond motifs is 1. The molecule has 120 valence electrons. The van der Waals surface area contributed by atoms with Crippen molar-refractivity contribution in [2.45, 2.75) is 26.8 Å². The Hall–Kier alpha value is -2.04. The molecule has 1 aliphatic rings. The zero-order valence-corrected chi connectivity index (χ0v) is 13.9. The topological polar surface area (TPSA) is 56.7 Å². The van der Waals surface area contributed by atoms with Gasteiger partial charge in [0.15, 0.2) is 5.96 Å². The maximum atomic E-state index is 11.9. The van der Waals surface area contributed by atoms with E-state index in [0.29, 0.717) is 6.54 Å². The Bertz CT molecular complexity index is 566. The third-order valence-electron chi connectivity index (χ3n) is 4.17. The minimum Gasteiger partial charge on any atom is -0.359 e. The summed E-state index contributed by atoms with van der Waals surface area (Å²) < 4.78 is 0. The van der Waals surface area contributed by atoms with Crippen LogP contribution in [-0.4, -0.2) is 44.0 Å². The van der Waals surface area contributed by atoms with Crippen molar-refractivity contribution in [1.29, 1.82) is 0 Å². The van der Waals surface area contributed by atoms with Crippen molar-refractivity contribution in [2.75, 3.05) is 27.2 Å². The van der Waals surface area contributed by atoms with Crippen LogP contribution in [0.5, 0.6) is 0 Å². The van der Waals surface area contributed by atoms with Gasteiger partial charge in [-0.05, 0) is 31.4 Å². The molecule has 22 heavy (non-hydrogen) atoms. The molecule has 0 saturated heterocycles. The van der Waals surface area contributed by atoms with E-state index in [2.05, 4.69) is 44.8 Å². The minimum atomic E-state index is -0.474. The van der Waals surface area contributed by atoms with Crippen LogP contribution < -0.4 is 10.6 Å². The molecular formula is C17H26N4O. The fraction of sp³-hybridized carbons (Fsp3) is 0.529. The second kappa shape index (κ2) is 6.81. The Labute approximate surface area is 132 Å². The van der Waals surface area contributed by atoms with E-state index >= 15 is 0 Å². The summed E-state index contributed by atoms with van der Waals surface area (Å²) >= 11 is 0. The monoisotopic (exact) mass is 302 g/mol. The molecule has 2 N–H and O–H groups in total. The van der Waals surface area contributed by atoms with Crippen LogP contribution in [-0.2, 0) is 17.8 Å². The molecule has 0 atom stereocenters. The number of nitrogens with one attached hydrogen (secondary N) is 2. The molecule has 0 unspecified atom stereocenters. The maximum Gasteiger partial charge on any atom is 0.227 e. The van der Waals surface area contributed by atoms with E-state index in [1.807, 2.05) is 13.8 Å². The van der Waals surface area contributed by atoms with Crippen molar-refractivity contribution in [3.05, 3.63) is 35.4 Å². The van der Waals surface area contributed by atoms with Crippen molar-refractivity contribution >= 4 is 11.9 Å². The SMILES string of the molecule is CN=C(NCC(C)(C)C(=O)NC)N1CCc2ccccc2C1. The number of guanidine groups is 1. The fourth-order valence-electron chi connectivity index (χ4n) is 2.73. The number of rotatable bonds is 3. The lowest BCUT2D eigenvalue weighted by Gasteiger charge is -2.33. The molecule has 0 aromatic heterocycles. The van der Waals surface area contributed by atoms with Gasteiger partial charge in [-0.2, -0.15) is 0 Å². The van der Waals surface area contributed by atoms with Crippen molar-refractivity contribution in [3.8, 4) is 0 Å². The number of hydrogen-bond donors (Lipinski definition) is 2. The van der Waals surface area contributed by atoms with Gasteiger partial charge >= 0.3 is 0 Å². The number of amides is 1. The van der Waals surface area contributed by atoms with Crippen LogP contribution in [0.2, 0.25) is 0 Å². The van der Waals surface area contributed by atoms with E-state index in [-0.39, 0.29) is 5.91 Å². The highest BCUT2D eigenvalue weighted by Crippen LogP contribution is 2.19. The van der Waals surface area contributed by atoms with E-state index in [1.54, 1.807) is 14.1 Å². The van der Waals surface area contributed by atoms with Crippen LogP contribution in [0, 0.1) is 5.41 Å². The van der Waals surface area contributed by atoms with Crippen molar-refractivity contribution < 1.29 is 4.79 Å². The summed E-state index contributed by atoms with van der Waals surface area (Å²) in [5.41, 5.74) is 2.29. The molecule has 1 heterocycles. The zero-order valence-electron chi connectivity index (χ0n) is 13.9. The number of carbonyl (C=O) groups excluding carboxylic acids is 1. The van der Waals surface area contributed by atoms with Crippen LogP contribution in [0.4, 0.5) is 0 Å². The quantitative estimate of drug-likeness (QED) is 0.655. The van der Waals surface area contributed by atoms with E-state index in [1.165, 1.54) is 11.1 Å². The average molecular weight is 302 g/mol. The Morgan fingerprint density at radius 2 is 2.00 bits per heavy atom. The van der Waals surface area contributed by atoms with Gasteiger partial charge in [-0.3, -0.25) is 9.79 Å². The third kappa shape index (κ3) is 3.59. The van der Waals surface area contributed by atoms with E-state index < -0.39 is 5.41 Å². The summed E-state index contributed by atoms with van der Waals surface area (Å²) in [5.74, 6) is 0.880. The summed E-state index contributed by atoms with van der Waals surface area (Å²) in [7, 11) is 3.45. The predicted octanol–water partition coefficient (Wildman–Crippen LogP) is 1.39. The van der Waals surface area contributed by atoms with Gasteiger partial charge in [0.1, 0.15) is 0 Å². The highest BCUT2D eigenvalue weighted by molar-refractivity contribution is 5.84. The molecule has 0 saturated carbocycles. The number of benzene rings is 1. The molecule has 0 bridgehead atoms. The Balaban J connectivity index is 2.01. The second-order valence-electron chi connectivity index (χ2n) is 6.30. The molecule has 2 rings (SSSR count). The van der Waals surface area contributed by atoms with Gasteiger partial charge < -0.3 is 15.5 Å². The maximum absolute atomic E-state index is 11.9. The van der Waals surface area contributed by atoms with Gasteiger partial charge in [-0.25, -0.2) is 0 Å². The van der Waals surface area contributed by atoms with Crippen LogP contribution in [0.3, 0.4) is 0 Å². The lowest BCUT2D eigenvalue weighted by atomic mass is 9.92. The zero-order chi connectivity index (χ0) is 16.2. The first-order chi connectivity index (χ1) is 10.5. The summed E-state index contributed by atoms with van der Waals surface area (Å²) in [6.07, 6.45) is 1.02. The molecule has 5 nitrogen and oxygen atoms in total. The average Bonchev–Trinajstić information content (AvgIpc) is 2.54. The molecule has 1 amide bonds. The highest BCUT2D eigenvalue weighted by Gasteiger charge is 2.28. The van der Waals surface area contributed by atoms with Gasteiger partial charge in [-0.15, -0.1) is 0 Å². The van der Waals surface area contributed by atoms with Crippen LogP contribution in [0.15, 0.2) is 29.3 Å². The first-order valence-corrected chi connectivity index (χ1v) is 7.72. The van der Waals surface area contributed by atoms with Gasteiger partial charge in [0.25, 0.3) is 0 Å². The summed E-state index contributed by atoms with van der Waals surface area (Å²) in [4.78, 5) is 18.5. The second-order valence-corrected chi connectivity index (χ2v) is 6.30. The standard InChI is InChI=1S/C17H26N4O/c1-17(2,15(22)18-3)12-20-16(19-4)21-10-9-13-7-5-6-8-14(13)11-21/h5-8H,9-12H2,1-4H3,(H,18,22)(H,19,20). The Morgan fingerprint density at radius 1 is 1.32 bits per heavy atom. The molecule has 0 fully saturated rings. The molecule has 1 aliphatic heterocycles. The molecule has 1 aromatic rings. The Morgan fingerprint density at radius 3 is 2.64 bits per heavy atom. The van der Waals surface area contributed by atoms with Crippen molar-refractivity contribution in [2.24, 2.45) is 10.4 Å². The highest BCUT2D eigenvalue weighted by atomic mass is 16.2. The van der Waals surface area contributed by atoms with Gasteiger partial charge in [-0.1, -0.05) is 24.3 Å². The van der Waals surface area contributed by atoms with E-state index in [4.69, 9.17) is 0 Å². The fourth-order valence-corrected chi connectivity index (χ4v) is 2.73. The lowest BCUT2D eigenvalue weighted by Crippen LogP contribution is -2.49. The van der Waals surface area contributed by atoms with Crippen LogP contribution >= 0.6 is 0 Å². The molecule has 0 spiro atoms. The largest absolute Gasteiger partial charge is 0.359 e. The van der Waals surface area contributed by atoms with Crippen molar-refractivity contribution in [3.63, 3.8) is 0 Å². The summed E-state index contributed by atoms with van der Waals surface area (Å²) in [5, 5.41) is 6.05. The summed E-state index contributed by atoms with van der Waals surface area (Å²) in [6, 6.07) is 8.53. The van der Waals surface area contributed by atoms with Gasteiger partial charge in [0.2, 0.25) is 5.91 Å². The van der Waals surface area contributed by atoms with Gasteiger partial charge in [0, 0.05) is 33.7 Å². The third-order valence-corrected chi connectivity index (χ3v) is 4.17. The van der Waals surface area contributed by atoms with Crippen LogP contribution in [0.25, 0.3) is 0 Å². The van der Waals surface area contributed by atoms with Crippen molar-refractivity contribution in [1.82, 2.24) is 15.5 Å². The van der Waals surface area contributed by atoms with Crippen LogP contribution in [0.1, 0.15) is 25.0 Å². The minimum absolute atomic E-state index is 0.0273. The Kier molecular flexibility index (Phi) is 5.06. The first-order valence-electron chi connectivity index (χ1n) is 7.72. The number of carbonyl (C=O) groups is 1. The molecule has 0 aliphatic carbocycles. The smallest absolute Gasteiger partial charge is 0.227 e. The normalized spacial score (nSPS) is 15.3. The summed E-state index contributed by atoms with van der Waals surface area (Å²) in [6.45, 7) is 6.21.